The molecule has 0 bridgehead atoms. The summed E-state index contributed by atoms with van der Waals surface area (Å²) in [5.41, 5.74) is 2.53. The molecule has 0 aliphatic carbocycles. The van der Waals surface area contributed by atoms with Crippen molar-refractivity contribution in [1.29, 1.82) is 0 Å². The highest BCUT2D eigenvalue weighted by atomic mass is 16.5. The lowest BCUT2D eigenvalue weighted by Crippen LogP contribution is -2.42. The number of fused-ring (bicyclic) bond motifs is 1. The average Bonchev–Trinajstić information content (AvgIpc) is 2.59. The van der Waals surface area contributed by atoms with Crippen LogP contribution in [0.2, 0.25) is 0 Å². The van der Waals surface area contributed by atoms with E-state index in [-0.39, 0.29) is 11.1 Å². The summed E-state index contributed by atoms with van der Waals surface area (Å²) in [7, 11) is 1.73. The first kappa shape index (κ1) is 14.4. The molecule has 1 aromatic rings. The minimum Gasteiger partial charge on any atom is -0.487 e. The third kappa shape index (κ3) is 3.71. The number of hydrogen-bond donors (Lipinski definition) is 1. The van der Waals surface area contributed by atoms with E-state index in [1.165, 1.54) is 11.1 Å². The number of rotatable bonds is 5. The van der Waals surface area contributed by atoms with Crippen molar-refractivity contribution in [3.8, 4) is 5.75 Å². The lowest BCUT2D eigenvalue weighted by atomic mass is 10.00. The molecular formula is C16H25NO2. The van der Waals surface area contributed by atoms with Gasteiger partial charge in [-0.15, -0.1) is 0 Å². The topological polar surface area (TPSA) is 30.5 Å². The lowest BCUT2D eigenvalue weighted by molar-refractivity contribution is 0.128. The van der Waals surface area contributed by atoms with Crippen molar-refractivity contribution >= 4 is 0 Å². The highest BCUT2D eigenvalue weighted by molar-refractivity contribution is 5.41. The maximum atomic E-state index is 5.89. The van der Waals surface area contributed by atoms with Crippen molar-refractivity contribution in [2.24, 2.45) is 0 Å². The van der Waals surface area contributed by atoms with Gasteiger partial charge in [-0.3, -0.25) is 0 Å². The Hall–Kier alpha value is -1.06. The highest BCUT2D eigenvalue weighted by Crippen LogP contribution is 2.35. The number of nitrogens with one attached hydrogen (secondary N) is 1. The molecule has 1 aromatic carbocycles. The molecule has 1 aliphatic heterocycles. The Kier molecular flexibility index (Phi) is 3.88. The Morgan fingerprint density at radius 3 is 2.79 bits per heavy atom. The monoisotopic (exact) mass is 263 g/mol. The fourth-order valence-corrected chi connectivity index (χ4v) is 2.53. The van der Waals surface area contributed by atoms with Gasteiger partial charge in [0.25, 0.3) is 0 Å². The Morgan fingerprint density at radius 2 is 2.11 bits per heavy atom. The summed E-state index contributed by atoms with van der Waals surface area (Å²) < 4.78 is 11.1. The van der Waals surface area contributed by atoms with Gasteiger partial charge < -0.3 is 14.8 Å². The second-order valence-corrected chi connectivity index (χ2v) is 6.65. The zero-order valence-electron chi connectivity index (χ0n) is 12.7. The Balaban J connectivity index is 2.01. The van der Waals surface area contributed by atoms with Crippen molar-refractivity contribution in [3.63, 3.8) is 0 Å². The first-order valence-electron chi connectivity index (χ1n) is 6.86. The van der Waals surface area contributed by atoms with Crippen molar-refractivity contribution < 1.29 is 9.47 Å². The highest BCUT2D eigenvalue weighted by Gasteiger charge is 2.29. The van der Waals surface area contributed by atoms with Crippen LogP contribution in [-0.2, 0) is 17.7 Å². The molecule has 3 heteroatoms. The third-order valence-corrected chi connectivity index (χ3v) is 3.40. The van der Waals surface area contributed by atoms with Crippen molar-refractivity contribution in [2.45, 2.75) is 51.8 Å². The summed E-state index contributed by atoms with van der Waals surface area (Å²) in [5.74, 6) is 1.03. The summed E-state index contributed by atoms with van der Waals surface area (Å²) in [5, 5.41) is 3.52. The van der Waals surface area contributed by atoms with Gasteiger partial charge >= 0.3 is 0 Å². The number of methoxy groups -OCH3 is 1. The lowest BCUT2D eigenvalue weighted by Gasteiger charge is -2.25. The van der Waals surface area contributed by atoms with E-state index in [2.05, 4.69) is 51.2 Å². The fraction of sp³-hybridized carbons (Fsp3) is 0.625. The molecule has 0 unspecified atom stereocenters. The van der Waals surface area contributed by atoms with Crippen LogP contribution in [0.25, 0.3) is 0 Å². The molecule has 0 atom stereocenters. The number of hydrogen-bond acceptors (Lipinski definition) is 3. The van der Waals surface area contributed by atoms with E-state index in [0.29, 0.717) is 6.61 Å². The van der Waals surface area contributed by atoms with Gasteiger partial charge in [-0.05, 0) is 44.9 Å². The molecule has 1 heterocycles. The van der Waals surface area contributed by atoms with Crippen LogP contribution in [0.5, 0.6) is 5.75 Å². The molecule has 0 radical (unpaired) electrons. The van der Waals surface area contributed by atoms with Gasteiger partial charge in [0.1, 0.15) is 11.4 Å². The molecule has 106 valence electrons. The second kappa shape index (κ2) is 5.14. The van der Waals surface area contributed by atoms with E-state index >= 15 is 0 Å². The van der Waals surface area contributed by atoms with E-state index in [1.807, 2.05) is 0 Å². The zero-order valence-corrected chi connectivity index (χ0v) is 12.7. The summed E-state index contributed by atoms with van der Waals surface area (Å²) >= 11 is 0. The Labute approximate surface area is 116 Å². The molecule has 3 nitrogen and oxygen atoms in total. The van der Waals surface area contributed by atoms with Gasteiger partial charge in [-0.2, -0.15) is 0 Å². The smallest absolute Gasteiger partial charge is 0.123 e. The van der Waals surface area contributed by atoms with Crippen molar-refractivity contribution in [3.05, 3.63) is 29.3 Å². The van der Waals surface area contributed by atoms with Gasteiger partial charge in [0, 0.05) is 25.6 Å². The fourth-order valence-electron chi connectivity index (χ4n) is 2.53. The molecule has 1 N–H and O–H groups in total. The summed E-state index contributed by atoms with van der Waals surface area (Å²) in [6, 6.07) is 6.47. The molecule has 0 saturated heterocycles. The molecular weight excluding hydrogens is 238 g/mol. The van der Waals surface area contributed by atoms with E-state index in [4.69, 9.17) is 9.47 Å². The largest absolute Gasteiger partial charge is 0.487 e. The van der Waals surface area contributed by atoms with E-state index < -0.39 is 0 Å². The minimum absolute atomic E-state index is 0.0104. The predicted molar refractivity (Wildman–Crippen MR) is 77.6 cm³/mol. The van der Waals surface area contributed by atoms with Gasteiger partial charge in [-0.25, -0.2) is 0 Å². The quantitative estimate of drug-likeness (QED) is 0.886. The van der Waals surface area contributed by atoms with Crippen molar-refractivity contribution in [1.82, 2.24) is 5.32 Å². The minimum atomic E-state index is -0.0658. The molecule has 19 heavy (non-hydrogen) atoms. The van der Waals surface area contributed by atoms with Gasteiger partial charge in [-0.1, -0.05) is 12.1 Å². The summed E-state index contributed by atoms with van der Waals surface area (Å²) in [6.07, 6.45) is 0.984. The maximum absolute atomic E-state index is 5.89. The molecule has 0 spiro atoms. The normalized spacial score (nSPS) is 17.1. The van der Waals surface area contributed by atoms with Crippen LogP contribution in [0.1, 0.15) is 38.8 Å². The molecule has 0 fully saturated rings. The van der Waals surface area contributed by atoms with Gasteiger partial charge in [0.2, 0.25) is 0 Å². The number of benzene rings is 1. The van der Waals surface area contributed by atoms with Crippen LogP contribution in [0.4, 0.5) is 0 Å². The van der Waals surface area contributed by atoms with Crippen LogP contribution in [0, 0.1) is 0 Å². The first-order chi connectivity index (χ1) is 8.81. The van der Waals surface area contributed by atoms with Gasteiger partial charge in [0.05, 0.1) is 6.61 Å². The Morgan fingerprint density at radius 1 is 1.37 bits per heavy atom. The van der Waals surface area contributed by atoms with E-state index in [9.17, 15) is 0 Å². The average molecular weight is 263 g/mol. The second-order valence-electron chi connectivity index (χ2n) is 6.65. The van der Waals surface area contributed by atoms with Gasteiger partial charge in [0.15, 0.2) is 0 Å². The van der Waals surface area contributed by atoms with Crippen LogP contribution in [0.15, 0.2) is 18.2 Å². The first-order valence-corrected chi connectivity index (χ1v) is 6.86. The number of ether oxygens (including phenoxy) is 2. The predicted octanol–water partition coefficient (Wildman–Crippen LogP) is 2.91. The standard InChI is InChI=1S/C16H25NO2/c1-15(2,11-18-5)17-10-12-6-7-14-13(8-12)9-16(3,4)19-14/h6-8,17H,9-11H2,1-5H3. The molecule has 0 saturated carbocycles. The summed E-state index contributed by atoms with van der Waals surface area (Å²) in [6.45, 7) is 10.1. The molecule has 1 aliphatic rings. The Bertz CT molecular complexity index is 452. The maximum Gasteiger partial charge on any atom is 0.123 e. The SMILES string of the molecule is COCC(C)(C)NCc1ccc2c(c1)CC(C)(C)O2. The van der Waals surface area contributed by atoms with Crippen LogP contribution >= 0.6 is 0 Å². The van der Waals surface area contributed by atoms with Crippen molar-refractivity contribution in [2.75, 3.05) is 13.7 Å². The molecule has 2 rings (SSSR count). The van der Waals surface area contributed by atoms with E-state index in [0.717, 1.165) is 18.7 Å². The van der Waals surface area contributed by atoms with Crippen LogP contribution in [-0.4, -0.2) is 24.9 Å². The van der Waals surface area contributed by atoms with Crippen LogP contribution < -0.4 is 10.1 Å². The zero-order chi connectivity index (χ0) is 14.1. The molecule has 0 aromatic heterocycles. The molecule has 0 amide bonds. The summed E-state index contributed by atoms with van der Waals surface area (Å²) in [4.78, 5) is 0. The third-order valence-electron chi connectivity index (χ3n) is 3.40. The van der Waals surface area contributed by atoms with Crippen LogP contribution in [0.3, 0.4) is 0 Å². The van der Waals surface area contributed by atoms with E-state index in [1.54, 1.807) is 7.11 Å².